The van der Waals surface area contributed by atoms with Crippen molar-refractivity contribution in [3.63, 3.8) is 0 Å². The summed E-state index contributed by atoms with van der Waals surface area (Å²) in [6, 6.07) is 5.44. The number of hydrogen-bond acceptors (Lipinski definition) is 6. The van der Waals surface area contributed by atoms with Gasteiger partial charge in [-0.05, 0) is 0 Å². The van der Waals surface area contributed by atoms with Crippen LogP contribution in [-0.4, -0.2) is 39.1 Å². The molecule has 0 saturated heterocycles. The molecule has 6 heteroatoms. The van der Waals surface area contributed by atoms with Gasteiger partial charge in [0.1, 0.15) is 25.9 Å². The fraction of sp³-hybridized carbons (Fsp3) is 0.667. The van der Waals surface area contributed by atoms with Gasteiger partial charge < -0.3 is 14.2 Å². The molecule has 0 atom stereocenters. The summed E-state index contributed by atoms with van der Waals surface area (Å²) in [5, 5.41) is 24.8. The summed E-state index contributed by atoms with van der Waals surface area (Å²) in [5.74, 6) is 0. The largest absolute Gasteiger partial charge is 0.364 e. The Bertz CT molecular complexity index is 254. The molecule has 80 valence electrons. The number of nitrogens with zero attached hydrogens (tertiary/aromatic N) is 3. The van der Waals surface area contributed by atoms with Gasteiger partial charge >= 0.3 is 0 Å². The molecule has 0 saturated carbocycles. The molecule has 0 aliphatic rings. The number of rotatable bonds is 8. The van der Waals surface area contributed by atoms with Crippen LogP contribution in [0.25, 0.3) is 0 Å². The van der Waals surface area contributed by atoms with Crippen LogP contribution in [0.3, 0.4) is 0 Å². The molecule has 6 nitrogen and oxygen atoms in total. The lowest BCUT2D eigenvalue weighted by atomic mass is 10.4. The molecule has 0 unspecified atom stereocenters. The van der Waals surface area contributed by atoms with E-state index in [2.05, 4.69) is 0 Å². The molecule has 0 aliphatic heterocycles. The van der Waals surface area contributed by atoms with Crippen LogP contribution in [0.4, 0.5) is 0 Å². The summed E-state index contributed by atoms with van der Waals surface area (Å²) in [7, 11) is 0. The SMILES string of the molecule is N#CCOCC(COCC#N)OCC#N. The van der Waals surface area contributed by atoms with Crippen LogP contribution in [0.1, 0.15) is 0 Å². The van der Waals surface area contributed by atoms with Gasteiger partial charge in [-0.25, -0.2) is 0 Å². The molecule has 0 aromatic carbocycles. The Labute approximate surface area is 88.2 Å². The highest BCUT2D eigenvalue weighted by Crippen LogP contribution is 1.95. The summed E-state index contributed by atoms with van der Waals surface area (Å²) in [4.78, 5) is 0. The Balaban J connectivity index is 3.70. The van der Waals surface area contributed by atoms with Gasteiger partial charge in [-0.3, -0.25) is 0 Å². The number of nitriles is 3. The molecule has 0 N–H and O–H groups in total. The lowest BCUT2D eigenvalue weighted by Gasteiger charge is -2.14. The van der Waals surface area contributed by atoms with Crippen molar-refractivity contribution >= 4 is 0 Å². The fourth-order valence-corrected chi connectivity index (χ4v) is 0.771. The molecule has 0 amide bonds. The molecule has 0 heterocycles. The van der Waals surface area contributed by atoms with Crippen LogP contribution in [0, 0.1) is 34.0 Å². The topological polar surface area (TPSA) is 99.1 Å². The van der Waals surface area contributed by atoms with E-state index in [1.165, 1.54) is 0 Å². The van der Waals surface area contributed by atoms with E-state index in [4.69, 9.17) is 30.0 Å². The van der Waals surface area contributed by atoms with E-state index >= 15 is 0 Å². The summed E-state index contributed by atoms with van der Waals surface area (Å²) < 4.78 is 14.9. The normalized spacial score (nSPS) is 9.20. The molecular weight excluding hydrogens is 198 g/mol. The first-order valence-corrected chi connectivity index (χ1v) is 4.23. The van der Waals surface area contributed by atoms with Crippen molar-refractivity contribution in [2.75, 3.05) is 33.0 Å². The third-order valence-electron chi connectivity index (χ3n) is 1.32. The molecule has 0 rings (SSSR count). The predicted molar refractivity (Wildman–Crippen MR) is 48.2 cm³/mol. The predicted octanol–water partition coefficient (Wildman–Crippen LogP) is -0.0245. The molecule has 0 spiro atoms. The Morgan fingerprint density at radius 1 is 0.800 bits per heavy atom. The van der Waals surface area contributed by atoms with E-state index in [-0.39, 0.29) is 33.0 Å². The van der Waals surface area contributed by atoms with Crippen molar-refractivity contribution in [3.8, 4) is 18.2 Å². The quantitative estimate of drug-likeness (QED) is 0.521. The first kappa shape index (κ1) is 13.4. The van der Waals surface area contributed by atoms with E-state index in [1.807, 2.05) is 18.2 Å². The minimum absolute atomic E-state index is 0.0370. The van der Waals surface area contributed by atoms with Crippen LogP contribution >= 0.6 is 0 Å². The van der Waals surface area contributed by atoms with Crippen LogP contribution < -0.4 is 0 Å². The zero-order chi connectivity index (χ0) is 11.4. The molecule has 0 aromatic rings. The van der Waals surface area contributed by atoms with E-state index in [9.17, 15) is 0 Å². The maximum absolute atomic E-state index is 8.30. The van der Waals surface area contributed by atoms with E-state index in [0.29, 0.717) is 0 Å². The molecule has 0 bridgehead atoms. The van der Waals surface area contributed by atoms with Gasteiger partial charge in [0.25, 0.3) is 0 Å². The average Bonchev–Trinajstić information content (AvgIpc) is 2.25. The summed E-state index contributed by atoms with van der Waals surface area (Å²) >= 11 is 0. The smallest absolute Gasteiger partial charge is 0.134 e. The average molecular weight is 209 g/mol. The zero-order valence-corrected chi connectivity index (χ0v) is 8.18. The van der Waals surface area contributed by atoms with Crippen molar-refractivity contribution < 1.29 is 14.2 Å². The van der Waals surface area contributed by atoms with Crippen LogP contribution in [0.2, 0.25) is 0 Å². The van der Waals surface area contributed by atoms with Crippen molar-refractivity contribution in [2.24, 2.45) is 0 Å². The Morgan fingerprint density at radius 2 is 1.27 bits per heavy atom. The van der Waals surface area contributed by atoms with Gasteiger partial charge in [-0.15, -0.1) is 0 Å². The second kappa shape index (κ2) is 10.4. The van der Waals surface area contributed by atoms with E-state index in [1.54, 1.807) is 0 Å². The Hall–Kier alpha value is -1.65. The lowest BCUT2D eigenvalue weighted by Crippen LogP contribution is -2.26. The molecule has 15 heavy (non-hydrogen) atoms. The second-order valence-corrected chi connectivity index (χ2v) is 2.44. The highest BCUT2D eigenvalue weighted by atomic mass is 16.6. The minimum Gasteiger partial charge on any atom is -0.364 e. The van der Waals surface area contributed by atoms with Gasteiger partial charge in [0.15, 0.2) is 0 Å². The third kappa shape index (κ3) is 8.67. The van der Waals surface area contributed by atoms with Crippen molar-refractivity contribution in [1.82, 2.24) is 0 Å². The van der Waals surface area contributed by atoms with E-state index < -0.39 is 6.10 Å². The van der Waals surface area contributed by atoms with Gasteiger partial charge in [0, 0.05) is 0 Å². The number of hydrogen-bond donors (Lipinski definition) is 0. The van der Waals surface area contributed by atoms with Gasteiger partial charge in [0.2, 0.25) is 0 Å². The first-order valence-electron chi connectivity index (χ1n) is 4.23. The number of ether oxygens (including phenoxy) is 3. The van der Waals surface area contributed by atoms with Crippen molar-refractivity contribution in [3.05, 3.63) is 0 Å². The highest BCUT2D eigenvalue weighted by molar-refractivity contribution is 4.72. The van der Waals surface area contributed by atoms with Crippen LogP contribution in [-0.2, 0) is 14.2 Å². The highest BCUT2D eigenvalue weighted by Gasteiger charge is 2.09. The molecular formula is C9H11N3O3. The molecule has 0 aliphatic carbocycles. The summed E-state index contributed by atoms with van der Waals surface area (Å²) in [6.45, 7) is 0.188. The standard InChI is InChI=1S/C9H11N3O3/c10-1-4-13-7-9(15-6-3-12)8-14-5-2-11/h9H,4-8H2. The lowest BCUT2D eigenvalue weighted by molar-refractivity contribution is -0.0404. The third-order valence-corrected chi connectivity index (χ3v) is 1.32. The summed E-state index contributed by atoms with van der Waals surface area (Å²) in [5.41, 5.74) is 0. The molecule has 0 fully saturated rings. The zero-order valence-electron chi connectivity index (χ0n) is 8.18. The maximum atomic E-state index is 8.30. The fourth-order valence-electron chi connectivity index (χ4n) is 0.771. The Kier molecular flexibility index (Phi) is 9.28. The first-order chi connectivity index (χ1) is 7.35. The monoisotopic (exact) mass is 209 g/mol. The van der Waals surface area contributed by atoms with Crippen LogP contribution in [0.15, 0.2) is 0 Å². The van der Waals surface area contributed by atoms with Gasteiger partial charge in [-0.1, -0.05) is 0 Å². The van der Waals surface area contributed by atoms with Crippen LogP contribution in [0.5, 0.6) is 0 Å². The van der Waals surface area contributed by atoms with Gasteiger partial charge in [0.05, 0.1) is 31.4 Å². The Morgan fingerprint density at radius 3 is 1.67 bits per heavy atom. The molecule has 0 aromatic heterocycles. The second-order valence-electron chi connectivity index (χ2n) is 2.44. The van der Waals surface area contributed by atoms with Crippen molar-refractivity contribution in [2.45, 2.75) is 6.10 Å². The summed E-state index contributed by atoms with van der Waals surface area (Å²) in [6.07, 6.45) is -0.425. The molecule has 0 radical (unpaired) electrons. The maximum Gasteiger partial charge on any atom is 0.134 e. The van der Waals surface area contributed by atoms with Gasteiger partial charge in [-0.2, -0.15) is 15.8 Å². The minimum atomic E-state index is -0.425. The van der Waals surface area contributed by atoms with E-state index in [0.717, 1.165) is 0 Å². The van der Waals surface area contributed by atoms with Crippen molar-refractivity contribution in [1.29, 1.82) is 15.8 Å².